The number of hydrogen-bond donors (Lipinski definition) is 2. The van der Waals surface area contributed by atoms with Gasteiger partial charge >= 0.3 is 0 Å². The summed E-state index contributed by atoms with van der Waals surface area (Å²) >= 11 is 0. The van der Waals surface area contributed by atoms with Crippen LogP contribution in [-0.2, 0) is 6.42 Å². The van der Waals surface area contributed by atoms with Crippen LogP contribution in [0.4, 0.5) is 5.82 Å². The van der Waals surface area contributed by atoms with Crippen LogP contribution in [0.15, 0.2) is 30.5 Å². The van der Waals surface area contributed by atoms with Gasteiger partial charge < -0.3 is 16.2 Å². The maximum Gasteiger partial charge on any atom is 0.271 e. The summed E-state index contributed by atoms with van der Waals surface area (Å²) in [5, 5.41) is 0. The molecule has 0 aliphatic carbocycles. The average Bonchev–Trinajstić information content (AvgIpc) is 2.41. The van der Waals surface area contributed by atoms with Gasteiger partial charge in [0.05, 0.1) is 18.5 Å². The minimum absolute atomic E-state index is 0.00321. The van der Waals surface area contributed by atoms with Gasteiger partial charge in [-0.05, 0) is 24.6 Å². The molecule has 6 nitrogen and oxygen atoms in total. The molecule has 0 spiro atoms. The molecule has 0 fully saturated rings. The third-order valence-electron chi connectivity index (χ3n) is 2.68. The van der Waals surface area contributed by atoms with Crippen LogP contribution in [-0.4, -0.2) is 22.5 Å². The zero-order valence-electron chi connectivity index (χ0n) is 11.2. The minimum atomic E-state index is -0.681. The van der Waals surface area contributed by atoms with E-state index in [0.717, 1.165) is 11.3 Å². The number of benzene rings is 1. The van der Waals surface area contributed by atoms with E-state index in [-0.39, 0.29) is 11.5 Å². The molecular weight excluding hydrogens is 256 g/mol. The van der Waals surface area contributed by atoms with Crippen LogP contribution in [0.3, 0.4) is 0 Å². The molecule has 0 unspecified atom stereocenters. The quantitative estimate of drug-likeness (QED) is 0.849. The van der Waals surface area contributed by atoms with Gasteiger partial charge in [-0.15, -0.1) is 0 Å². The molecule has 1 heterocycles. The lowest BCUT2D eigenvalue weighted by atomic mass is 10.1. The van der Waals surface area contributed by atoms with Gasteiger partial charge in [0.2, 0.25) is 0 Å². The molecule has 104 valence electrons. The Labute approximate surface area is 116 Å². The van der Waals surface area contributed by atoms with Gasteiger partial charge in [-0.2, -0.15) is 0 Å². The first kappa shape index (κ1) is 13.8. The molecule has 0 radical (unpaired) electrons. The summed E-state index contributed by atoms with van der Waals surface area (Å²) in [6.07, 6.45) is 2.06. The van der Waals surface area contributed by atoms with Gasteiger partial charge in [0.15, 0.2) is 11.5 Å². The summed E-state index contributed by atoms with van der Waals surface area (Å²) < 4.78 is 5.44. The number of rotatable bonds is 5. The predicted octanol–water partition coefficient (Wildman–Crippen LogP) is 1.15. The van der Waals surface area contributed by atoms with Crippen molar-refractivity contribution in [1.82, 2.24) is 9.97 Å². The molecule has 0 aliphatic rings. The van der Waals surface area contributed by atoms with Crippen molar-refractivity contribution >= 4 is 11.7 Å². The molecule has 2 rings (SSSR count). The largest absolute Gasteiger partial charge is 0.494 e. The maximum absolute atomic E-state index is 11.2. The van der Waals surface area contributed by atoms with Gasteiger partial charge in [0.1, 0.15) is 5.75 Å². The first-order valence-electron chi connectivity index (χ1n) is 6.23. The third-order valence-corrected chi connectivity index (χ3v) is 2.68. The highest BCUT2D eigenvalue weighted by molar-refractivity contribution is 5.94. The molecule has 1 amide bonds. The molecule has 0 saturated carbocycles. The summed E-state index contributed by atoms with van der Waals surface area (Å²) in [4.78, 5) is 19.3. The molecule has 0 aliphatic heterocycles. The fourth-order valence-electron chi connectivity index (χ4n) is 1.82. The first-order valence-corrected chi connectivity index (χ1v) is 6.23. The molecule has 2 aromatic rings. The van der Waals surface area contributed by atoms with Crippen LogP contribution in [0.5, 0.6) is 5.75 Å². The number of hydrogen-bond acceptors (Lipinski definition) is 5. The van der Waals surface area contributed by atoms with Gasteiger partial charge in [-0.1, -0.05) is 12.1 Å². The molecule has 20 heavy (non-hydrogen) atoms. The second-order valence-corrected chi connectivity index (χ2v) is 4.22. The molecule has 1 aromatic heterocycles. The maximum atomic E-state index is 11.2. The van der Waals surface area contributed by atoms with Crippen molar-refractivity contribution in [3.05, 3.63) is 47.4 Å². The number of primary amides is 1. The van der Waals surface area contributed by atoms with Crippen LogP contribution in [0, 0.1) is 0 Å². The minimum Gasteiger partial charge on any atom is -0.494 e. The van der Waals surface area contributed by atoms with Gasteiger partial charge in [-0.3, -0.25) is 4.79 Å². The van der Waals surface area contributed by atoms with Gasteiger partial charge in [0.25, 0.3) is 5.91 Å². The van der Waals surface area contributed by atoms with Crippen molar-refractivity contribution in [1.29, 1.82) is 0 Å². The number of carbonyl (C=O) groups is 1. The van der Waals surface area contributed by atoms with Crippen molar-refractivity contribution in [3.8, 4) is 5.75 Å². The molecular formula is C14H16N4O2. The number of nitrogens with zero attached hydrogens (tertiary/aromatic N) is 2. The van der Waals surface area contributed by atoms with E-state index in [2.05, 4.69) is 9.97 Å². The SMILES string of the molecule is CCOc1cccc(Cc2cnc(N)c(C(N)=O)n2)c1. The molecule has 0 saturated heterocycles. The molecule has 4 N–H and O–H groups in total. The molecule has 0 atom stereocenters. The van der Waals surface area contributed by atoms with Crippen molar-refractivity contribution in [2.45, 2.75) is 13.3 Å². The van der Waals surface area contributed by atoms with E-state index in [9.17, 15) is 4.79 Å². The van der Waals surface area contributed by atoms with Crippen molar-refractivity contribution < 1.29 is 9.53 Å². The summed E-state index contributed by atoms with van der Waals surface area (Å²) in [7, 11) is 0. The Hall–Kier alpha value is -2.63. The zero-order valence-corrected chi connectivity index (χ0v) is 11.2. The van der Waals surface area contributed by atoms with E-state index in [1.807, 2.05) is 31.2 Å². The van der Waals surface area contributed by atoms with Crippen LogP contribution in [0.2, 0.25) is 0 Å². The number of nitrogen functional groups attached to an aromatic ring is 1. The summed E-state index contributed by atoms with van der Waals surface area (Å²) in [6.45, 7) is 2.54. The Morgan fingerprint density at radius 3 is 2.90 bits per heavy atom. The highest BCUT2D eigenvalue weighted by atomic mass is 16.5. The number of anilines is 1. The van der Waals surface area contributed by atoms with Crippen LogP contribution in [0.25, 0.3) is 0 Å². The summed E-state index contributed by atoms with van der Waals surface area (Å²) in [5.74, 6) is 0.160. The highest BCUT2D eigenvalue weighted by Gasteiger charge is 2.10. The molecule has 0 bridgehead atoms. The Kier molecular flexibility index (Phi) is 4.14. The molecule has 1 aromatic carbocycles. The third kappa shape index (κ3) is 3.23. The first-order chi connectivity index (χ1) is 9.60. The Morgan fingerprint density at radius 2 is 2.20 bits per heavy atom. The summed E-state index contributed by atoms with van der Waals surface area (Å²) in [6, 6.07) is 7.66. The number of aromatic nitrogens is 2. The van der Waals surface area contributed by atoms with E-state index >= 15 is 0 Å². The van der Waals surface area contributed by atoms with E-state index in [4.69, 9.17) is 16.2 Å². The average molecular weight is 272 g/mol. The van der Waals surface area contributed by atoms with Crippen LogP contribution >= 0.6 is 0 Å². The topological polar surface area (TPSA) is 104 Å². The number of nitrogens with two attached hydrogens (primary N) is 2. The molecule has 6 heteroatoms. The van der Waals surface area contributed by atoms with Gasteiger partial charge in [0, 0.05) is 6.42 Å². The number of ether oxygens (including phenoxy) is 1. The Morgan fingerprint density at radius 1 is 1.40 bits per heavy atom. The smallest absolute Gasteiger partial charge is 0.271 e. The van der Waals surface area contributed by atoms with E-state index in [1.54, 1.807) is 0 Å². The van der Waals surface area contributed by atoms with Gasteiger partial charge in [-0.25, -0.2) is 9.97 Å². The number of carbonyl (C=O) groups excluding carboxylic acids is 1. The van der Waals surface area contributed by atoms with Crippen LogP contribution in [0.1, 0.15) is 28.7 Å². The lowest BCUT2D eigenvalue weighted by molar-refractivity contribution is 0.0996. The number of amides is 1. The lowest BCUT2D eigenvalue weighted by Gasteiger charge is -2.07. The highest BCUT2D eigenvalue weighted by Crippen LogP contribution is 2.16. The Bertz CT molecular complexity index is 628. The lowest BCUT2D eigenvalue weighted by Crippen LogP contribution is -2.17. The zero-order chi connectivity index (χ0) is 14.5. The Balaban J connectivity index is 2.23. The van der Waals surface area contributed by atoms with Crippen LogP contribution < -0.4 is 16.2 Å². The van der Waals surface area contributed by atoms with Crippen molar-refractivity contribution in [3.63, 3.8) is 0 Å². The summed E-state index contributed by atoms with van der Waals surface area (Å²) in [5.41, 5.74) is 12.4. The fraction of sp³-hybridized carbons (Fsp3) is 0.214. The van der Waals surface area contributed by atoms with E-state index in [0.29, 0.717) is 18.7 Å². The van der Waals surface area contributed by atoms with Crippen molar-refractivity contribution in [2.24, 2.45) is 5.73 Å². The standard InChI is InChI=1S/C14H16N4O2/c1-2-20-11-5-3-4-9(7-11)6-10-8-17-13(15)12(18-10)14(16)19/h3-5,7-8H,2,6H2,1H3,(H2,15,17)(H2,16,19). The monoisotopic (exact) mass is 272 g/mol. The normalized spacial score (nSPS) is 10.2. The van der Waals surface area contributed by atoms with E-state index < -0.39 is 5.91 Å². The second kappa shape index (κ2) is 6.01. The van der Waals surface area contributed by atoms with Crippen molar-refractivity contribution in [2.75, 3.05) is 12.3 Å². The second-order valence-electron chi connectivity index (χ2n) is 4.22. The fourth-order valence-corrected chi connectivity index (χ4v) is 1.82. The van der Waals surface area contributed by atoms with E-state index in [1.165, 1.54) is 6.20 Å². The predicted molar refractivity (Wildman–Crippen MR) is 75.4 cm³/mol.